The van der Waals surface area contributed by atoms with E-state index in [9.17, 15) is 4.79 Å². The third-order valence-corrected chi connectivity index (χ3v) is 1.97. The molecule has 0 atom stereocenters. The van der Waals surface area contributed by atoms with Crippen molar-refractivity contribution in [1.29, 1.82) is 0 Å². The van der Waals surface area contributed by atoms with E-state index < -0.39 is 0 Å². The van der Waals surface area contributed by atoms with Crippen LogP contribution in [-0.2, 0) is 4.79 Å². The molecule has 0 fully saturated rings. The number of carbonyl (C=O) groups excluding carboxylic acids is 1. The molecule has 0 saturated heterocycles. The van der Waals surface area contributed by atoms with Gasteiger partial charge >= 0.3 is 0 Å². The van der Waals surface area contributed by atoms with Crippen LogP contribution < -0.4 is 10.2 Å². The Morgan fingerprint density at radius 3 is 2.76 bits per heavy atom. The van der Waals surface area contributed by atoms with Crippen LogP contribution in [0.4, 0.5) is 0 Å². The van der Waals surface area contributed by atoms with E-state index in [1.54, 1.807) is 25.2 Å². The lowest BCUT2D eigenvalue weighted by molar-refractivity contribution is -0.119. The Hall–Kier alpha value is -1.81. The Kier molecular flexibility index (Phi) is 5.23. The predicted molar refractivity (Wildman–Crippen MR) is 68.5 cm³/mol. The van der Waals surface area contributed by atoms with Gasteiger partial charge in [-0.05, 0) is 19.1 Å². The molecule has 0 aliphatic rings. The van der Waals surface area contributed by atoms with E-state index in [4.69, 9.17) is 4.74 Å². The smallest absolute Gasteiger partial charge is 0.258 e. The minimum absolute atomic E-state index is 0.165. The second kappa shape index (κ2) is 6.70. The number of benzene rings is 1. The Balaban J connectivity index is 2.73. The second-order valence-corrected chi connectivity index (χ2v) is 3.67. The Bertz CT molecular complexity index is 400. The fourth-order valence-electron chi connectivity index (χ4n) is 1.33. The van der Waals surface area contributed by atoms with Gasteiger partial charge in [0.2, 0.25) is 0 Å². The van der Waals surface area contributed by atoms with E-state index in [-0.39, 0.29) is 5.91 Å². The topological polar surface area (TPSA) is 41.6 Å². The summed E-state index contributed by atoms with van der Waals surface area (Å²) in [7, 11) is 3.53. The van der Waals surface area contributed by atoms with E-state index in [1.807, 2.05) is 31.2 Å². The predicted octanol–water partition coefficient (Wildman–Crippen LogP) is 1.69. The molecule has 1 N–H and O–H groups in total. The monoisotopic (exact) mass is 234 g/mol. The van der Waals surface area contributed by atoms with Gasteiger partial charge in [-0.2, -0.15) is 0 Å². The molecule has 4 nitrogen and oxygen atoms in total. The number of hydrazine groups is 1. The number of nitrogens with zero attached hydrogens (tertiary/aromatic N) is 1. The van der Waals surface area contributed by atoms with Gasteiger partial charge in [-0.3, -0.25) is 10.2 Å². The number of hydrogen-bond donors (Lipinski definition) is 1. The molecule has 0 aromatic heterocycles. The second-order valence-electron chi connectivity index (χ2n) is 3.67. The number of hydrogen-bond acceptors (Lipinski definition) is 3. The van der Waals surface area contributed by atoms with E-state index >= 15 is 0 Å². The first-order valence-electron chi connectivity index (χ1n) is 5.51. The molecule has 0 heterocycles. The number of carbonyl (C=O) groups is 1. The maximum Gasteiger partial charge on any atom is 0.258 e. The van der Waals surface area contributed by atoms with Gasteiger partial charge in [-0.25, -0.2) is 5.01 Å². The van der Waals surface area contributed by atoms with Crippen molar-refractivity contribution >= 4 is 12.0 Å². The van der Waals surface area contributed by atoms with Crippen LogP contribution in [0.3, 0.4) is 0 Å². The van der Waals surface area contributed by atoms with Crippen molar-refractivity contribution < 1.29 is 9.53 Å². The average molecular weight is 234 g/mol. The molecular formula is C13H18N2O2. The molecule has 0 spiro atoms. The Morgan fingerprint density at radius 1 is 1.41 bits per heavy atom. The van der Waals surface area contributed by atoms with Crippen molar-refractivity contribution in [1.82, 2.24) is 10.4 Å². The summed E-state index contributed by atoms with van der Waals surface area (Å²) < 4.78 is 5.46. The van der Waals surface area contributed by atoms with Crippen molar-refractivity contribution in [3.8, 4) is 5.75 Å². The fraction of sp³-hybridized carbons (Fsp3) is 0.308. The van der Waals surface area contributed by atoms with Gasteiger partial charge in [0.25, 0.3) is 5.91 Å². The molecule has 0 saturated carbocycles. The number of ether oxygens (including phenoxy) is 1. The van der Waals surface area contributed by atoms with Gasteiger partial charge in [0, 0.05) is 25.7 Å². The summed E-state index contributed by atoms with van der Waals surface area (Å²) in [5.41, 5.74) is 3.52. The molecule has 1 aromatic carbocycles. The molecule has 1 aromatic rings. The van der Waals surface area contributed by atoms with Crippen molar-refractivity contribution in [2.45, 2.75) is 6.92 Å². The van der Waals surface area contributed by atoms with Crippen LogP contribution >= 0.6 is 0 Å². The van der Waals surface area contributed by atoms with Crippen molar-refractivity contribution in [2.24, 2.45) is 0 Å². The van der Waals surface area contributed by atoms with Gasteiger partial charge in [-0.15, -0.1) is 0 Å². The highest BCUT2D eigenvalue weighted by Crippen LogP contribution is 2.19. The minimum atomic E-state index is -0.165. The lowest BCUT2D eigenvalue weighted by Crippen LogP contribution is -2.34. The van der Waals surface area contributed by atoms with Crippen LogP contribution in [-0.4, -0.2) is 31.6 Å². The van der Waals surface area contributed by atoms with Crippen LogP contribution in [0.15, 0.2) is 30.3 Å². The number of para-hydroxylation sites is 1. The molecule has 0 aliphatic heterocycles. The van der Waals surface area contributed by atoms with Gasteiger partial charge in [-0.1, -0.05) is 18.2 Å². The van der Waals surface area contributed by atoms with Crippen molar-refractivity contribution in [3.63, 3.8) is 0 Å². The highest BCUT2D eigenvalue weighted by atomic mass is 16.5. The highest BCUT2D eigenvalue weighted by Gasteiger charge is 2.00. The third kappa shape index (κ3) is 4.70. The minimum Gasteiger partial charge on any atom is -0.493 e. The van der Waals surface area contributed by atoms with Crippen molar-refractivity contribution in [2.75, 3.05) is 20.7 Å². The summed E-state index contributed by atoms with van der Waals surface area (Å²) in [6.45, 7) is 2.54. The average Bonchev–Trinajstić information content (AvgIpc) is 2.27. The summed E-state index contributed by atoms with van der Waals surface area (Å²) in [6.07, 6.45) is 3.22. The van der Waals surface area contributed by atoms with Crippen LogP contribution in [0, 0.1) is 0 Å². The zero-order chi connectivity index (χ0) is 12.7. The highest BCUT2D eigenvalue weighted by molar-refractivity contribution is 5.91. The maximum atomic E-state index is 11.4. The fourth-order valence-corrected chi connectivity index (χ4v) is 1.33. The van der Waals surface area contributed by atoms with Gasteiger partial charge < -0.3 is 4.74 Å². The van der Waals surface area contributed by atoms with Crippen LogP contribution in [0.1, 0.15) is 12.5 Å². The van der Waals surface area contributed by atoms with Gasteiger partial charge in [0.1, 0.15) is 5.75 Å². The first-order chi connectivity index (χ1) is 8.13. The lowest BCUT2D eigenvalue weighted by Gasteiger charge is -2.09. The first kappa shape index (κ1) is 13.3. The molecule has 0 aliphatic carbocycles. The molecule has 0 unspecified atom stereocenters. The summed E-state index contributed by atoms with van der Waals surface area (Å²) in [4.78, 5) is 11.4. The summed E-state index contributed by atoms with van der Waals surface area (Å²) in [5.74, 6) is 0.616. The number of amides is 1. The quantitative estimate of drug-likeness (QED) is 0.622. The number of nitrogens with one attached hydrogen (secondary N) is 1. The van der Waals surface area contributed by atoms with Crippen LogP contribution in [0.2, 0.25) is 0 Å². The van der Waals surface area contributed by atoms with E-state index in [2.05, 4.69) is 5.43 Å². The molecule has 0 bridgehead atoms. The largest absolute Gasteiger partial charge is 0.493 e. The van der Waals surface area contributed by atoms with Crippen molar-refractivity contribution in [3.05, 3.63) is 35.9 Å². The Labute approximate surface area is 102 Å². The number of rotatable bonds is 5. The summed E-state index contributed by atoms with van der Waals surface area (Å²) in [5, 5.41) is 1.60. The molecule has 1 rings (SSSR count). The molecule has 0 radical (unpaired) electrons. The van der Waals surface area contributed by atoms with E-state index in [1.165, 1.54) is 6.08 Å². The molecule has 92 valence electrons. The molecule has 4 heteroatoms. The standard InChI is InChI=1S/C13H18N2O2/c1-4-17-12-8-6-5-7-11(12)9-10-13(16)14-15(2)3/h5-10H,4H2,1-3H3,(H,14,16)/b10-9+. The van der Waals surface area contributed by atoms with Gasteiger partial charge in [0.15, 0.2) is 0 Å². The normalized spacial score (nSPS) is 10.8. The summed E-state index contributed by atoms with van der Waals surface area (Å²) >= 11 is 0. The third-order valence-electron chi connectivity index (χ3n) is 1.97. The molecular weight excluding hydrogens is 216 g/mol. The molecule has 1 amide bonds. The lowest BCUT2D eigenvalue weighted by atomic mass is 10.2. The first-order valence-corrected chi connectivity index (χ1v) is 5.51. The molecule has 17 heavy (non-hydrogen) atoms. The zero-order valence-corrected chi connectivity index (χ0v) is 10.4. The van der Waals surface area contributed by atoms with Crippen LogP contribution in [0.25, 0.3) is 6.08 Å². The van der Waals surface area contributed by atoms with E-state index in [0.717, 1.165) is 11.3 Å². The summed E-state index contributed by atoms with van der Waals surface area (Å²) in [6, 6.07) is 7.60. The zero-order valence-electron chi connectivity index (χ0n) is 10.4. The van der Waals surface area contributed by atoms with E-state index in [0.29, 0.717) is 6.61 Å². The van der Waals surface area contributed by atoms with Gasteiger partial charge in [0.05, 0.1) is 6.61 Å². The SMILES string of the molecule is CCOc1ccccc1/C=C/C(=O)NN(C)C. The van der Waals surface area contributed by atoms with Crippen LogP contribution in [0.5, 0.6) is 5.75 Å². The maximum absolute atomic E-state index is 11.4. The Morgan fingerprint density at radius 2 is 2.12 bits per heavy atom.